The molecule has 1 aromatic carbocycles. The predicted octanol–water partition coefficient (Wildman–Crippen LogP) is 4.06. The molecule has 0 atom stereocenters. The highest BCUT2D eigenvalue weighted by atomic mass is 16.6. The number of carbonyl (C=O) groups excluding carboxylic acids is 2. The highest BCUT2D eigenvalue weighted by molar-refractivity contribution is 5.78. The third-order valence-corrected chi connectivity index (χ3v) is 5.75. The minimum Gasteiger partial charge on any atom is -0.489 e. The summed E-state index contributed by atoms with van der Waals surface area (Å²) in [5.41, 5.74) is 4.01. The first-order chi connectivity index (χ1) is 16.1. The molecule has 180 valence electrons. The number of carbonyl (C=O) groups is 2. The molecule has 1 amide bonds. The largest absolute Gasteiger partial charge is 0.489 e. The van der Waals surface area contributed by atoms with E-state index in [-0.39, 0.29) is 18.0 Å². The first kappa shape index (κ1) is 23.5. The van der Waals surface area contributed by atoms with E-state index in [2.05, 4.69) is 15.4 Å². The lowest BCUT2D eigenvalue weighted by molar-refractivity contribution is -0.151. The van der Waals surface area contributed by atoms with Gasteiger partial charge >= 0.3 is 12.1 Å². The van der Waals surface area contributed by atoms with Gasteiger partial charge in [0, 0.05) is 18.2 Å². The van der Waals surface area contributed by atoms with Crippen LogP contribution in [0.1, 0.15) is 44.7 Å². The zero-order valence-corrected chi connectivity index (χ0v) is 20.1. The number of ether oxygens (including phenoxy) is 3. The van der Waals surface area contributed by atoms with Gasteiger partial charge in [-0.05, 0) is 57.7 Å². The lowest BCUT2D eigenvalue weighted by Crippen LogP contribution is -2.38. The maximum Gasteiger partial charge on any atom is 0.407 e. The molecule has 1 aliphatic carbocycles. The van der Waals surface area contributed by atoms with Crippen LogP contribution in [-0.4, -0.2) is 45.5 Å². The van der Waals surface area contributed by atoms with Crippen molar-refractivity contribution in [2.75, 3.05) is 7.11 Å². The Morgan fingerprint density at radius 1 is 1.21 bits per heavy atom. The molecule has 1 fully saturated rings. The van der Waals surface area contributed by atoms with E-state index in [0.29, 0.717) is 25.1 Å². The van der Waals surface area contributed by atoms with Gasteiger partial charge in [0.2, 0.25) is 0 Å². The van der Waals surface area contributed by atoms with E-state index in [1.807, 2.05) is 58.2 Å². The molecule has 2 heterocycles. The fourth-order valence-electron chi connectivity index (χ4n) is 3.93. The Morgan fingerprint density at radius 3 is 2.65 bits per heavy atom. The monoisotopic (exact) mass is 466 g/mol. The molecule has 1 saturated carbocycles. The fourth-order valence-corrected chi connectivity index (χ4v) is 3.93. The molecule has 34 heavy (non-hydrogen) atoms. The van der Waals surface area contributed by atoms with Crippen molar-refractivity contribution in [3.05, 3.63) is 47.9 Å². The van der Waals surface area contributed by atoms with Gasteiger partial charge in [0.25, 0.3) is 0 Å². The number of aryl methyl sites for hydroxylation is 1. The van der Waals surface area contributed by atoms with Gasteiger partial charge in [-0.3, -0.25) is 4.79 Å². The normalized spacial score (nSPS) is 17.7. The number of alkyl carbamates (subject to hydrolysis) is 1. The number of hydrogen-bond donors (Lipinski definition) is 1. The van der Waals surface area contributed by atoms with Crippen molar-refractivity contribution in [1.29, 1.82) is 0 Å². The minimum absolute atomic E-state index is 0.0167. The number of nitrogens with one attached hydrogen (secondary N) is 1. The van der Waals surface area contributed by atoms with Gasteiger partial charge in [0.1, 0.15) is 23.8 Å². The van der Waals surface area contributed by atoms with Crippen molar-refractivity contribution in [1.82, 2.24) is 19.9 Å². The molecular formula is C25H30N4O5. The van der Waals surface area contributed by atoms with Crippen LogP contribution in [0.15, 0.2) is 36.8 Å². The summed E-state index contributed by atoms with van der Waals surface area (Å²) in [5.74, 6) is 0.411. The quantitative estimate of drug-likeness (QED) is 0.546. The Balaban J connectivity index is 1.46. The van der Waals surface area contributed by atoms with Crippen LogP contribution in [0.3, 0.4) is 0 Å². The molecule has 4 rings (SSSR count). The molecule has 0 bridgehead atoms. The van der Waals surface area contributed by atoms with E-state index >= 15 is 0 Å². The van der Waals surface area contributed by atoms with Crippen LogP contribution < -0.4 is 10.1 Å². The standard InChI is InChI=1S/C25H30N4O5/c1-15-8-16(6-7-17(15)12-26-24(31)34-25(2,3)4)22-21-11-20(13-29(21)28-14-27-22)33-19-9-18(10-19)23(30)32-5/h6-8,11,13-14,18-19H,9-10,12H2,1-5H3,(H,26,31). The van der Waals surface area contributed by atoms with Crippen molar-refractivity contribution in [3.63, 3.8) is 0 Å². The Hall–Kier alpha value is -3.62. The second-order valence-electron chi connectivity index (χ2n) is 9.54. The van der Waals surface area contributed by atoms with E-state index in [4.69, 9.17) is 14.2 Å². The average Bonchev–Trinajstić information content (AvgIpc) is 3.16. The van der Waals surface area contributed by atoms with Gasteiger partial charge in [-0.25, -0.2) is 14.3 Å². The zero-order valence-electron chi connectivity index (χ0n) is 20.1. The number of nitrogens with zero attached hydrogens (tertiary/aromatic N) is 3. The van der Waals surface area contributed by atoms with E-state index in [0.717, 1.165) is 27.9 Å². The molecule has 0 spiro atoms. The topological polar surface area (TPSA) is 104 Å². The van der Waals surface area contributed by atoms with Crippen LogP contribution in [0, 0.1) is 12.8 Å². The lowest BCUT2D eigenvalue weighted by Gasteiger charge is -2.32. The van der Waals surface area contributed by atoms with Gasteiger partial charge in [0.05, 0.1) is 30.4 Å². The molecule has 0 saturated heterocycles. The van der Waals surface area contributed by atoms with E-state index in [9.17, 15) is 9.59 Å². The van der Waals surface area contributed by atoms with Gasteiger partial charge in [-0.15, -0.1) is 0 Å². The highest BCUT2D eigenvalue weighted by Crippen LogP contribution is 2.34. The number of esters is 1. The number of methoxy groups -OCH3 is 1. The predicted molar refractivity (Wildman–Crippen MR) is 125 cm³/mol. The second kappa shape index (κ2) is 9.32. The Morgan fingerprint density at radius 2 is 1.97 bits per heavy atom. The maximum absolute atomic E-state index is 12.0. The summed E-state index contributed by atoms with van der Waals surface area (Å²) < 4.78 is 17.9. The van der Waals surface area contributed by atoms with Crippen molar-refractivity contribution < 1.29 is 23.8 Å². The minimum atomic E-state index is -0.539. The number of fused-ring (bicyclic) bond motifs is 1. The number of rotatable bonds is 6. The molecule has 1 N–H and O–H groups in total. The van der Waals surface area contributed by atoms with Crippen LogP contribution in [0.4, 0.5) is 4.79 Å². The number of aromatic nitrogens is 3. The average molecular weight is 467 g/mol. The smallest absolute Gasteiger partial charge is 0.407 e. The number of hydrogen-bond acceptors (Lipinski definition) is 7. The molecule has 9 nitrogen and oxygen atoms in total. The molecule has 3 aromatic rings. The van der Waals surface area contributed by atoms with Crippen LogP contribution in [0.2, 0.25) is 0 Å². The van der Waals surface area contributed by atoms with Gasteiger partial charge < -0.3 is 19.5 Å². The third kappa shape index (κ3) is 5.30. The fraction of sp³-hybridized carbons (Fsp3) is 0.440. The summed E-state index contributed by atoms with van der Waals surface area (Å²) in [7, 11) is 1.41. The molecular weight excluding hydrogens is 436 g/mol. The zero-order chi connectivity index (χ0) is 24.5. The van der Waals surface area contributed by atoms with Crippen LogP contribution in [0.5, 0.6) is 5.75 Å². The van der Waals surface area contributed by atoms with Crippen LogP contribution in [0.25, 0.3) is 16.8 Å². The molecule has 0 radical (unpaired) electrons. The summed E-state index contributed by atoms with van der Waals surface area (Å²) in [6.07, 6.45) is 4.16. The summed E-state index contributed by atoms with van der Waals surface area (Å²) in [6, 6.07) is 7.90. The van der Waals surface area contributed by atoms with Gasteiger partial charge in [-0.1, -0.05) is 12.1 Å². The SMILES string of the molecule is COC(=O)C1CC(Oc2cc3c(-c4ccc(CNC(=O)OC(C)(C)C)c(C)c4)ncnn3c2)C1. The highest BCUT2D eigenvalue weighted by Gasteiger charge is 2.37. The van der Waals surface area contributed by atoms with E-state index in [1.165, 1.54) is 13.4 Å². The van der Waals surface area contributed by atoms with Gasteiger partial charge in [-0.2, -0.15) is 5.10 Å². The second-order valence-corrected chi connectivity index (χ2v) is 9.54. The van der Waals surface area contributed by atoms with Crippen molar-refractivity contribution in [3.8, 4) is 17.0 Å². The summed E-state index contributed by atoms with van der Waals surface area (Å²) in [6.45, 7) is 7.86. The first-order valence-corrected chi connectivity index (χ1v) is 11.3. The van der Waals surface area contributed by atoms with Crippen molar-refractivity contribution >= 4 is 17.6 Å². The van der Waals surface area contributed by atoms with Crippen molar-refractivity contribution in [2.24, 2.45) is 5.92 Å². The van der Waals surface area contributed by atoms with E-state index < -0.39 is 11.7 Å². The number of benzene rings is 1. The number of amides is 1. The lowest BCUT2D eigenvalue weighted by atomic mass is 9.82. The molecule has 1 aliphatic rings. The third-order valence-electron chi connectivity index (χ3n) is 5.75. The van der Waals surface area contributed by atoms with E-state index in [1.54, 1.807) is 4.52 Å². The first-order valence-electron chi connectivity index (χ1n) is 11.3. The molecule has 0 unspecified atom stereocenters. The molecule has 9 heteroatoms. The summed E-state index contributed by atoms with van der Waals surface area (Å²) in [4.78, 5) is 28.0. The Bertz CT molecular complexity index is 1210. The Labute approximate surface area is 198 Å². The summed E-state index contributed by atoms with van der Waals surface area (Å²) >= 11 is 0. The Kier molecular flexibility index (Phi) is 6.45. The molecule has 0 aliphatic heterocycles. The maximum atomic E-state index is 12.0. The molecule has 2 aromatic heterocycles. The van der Waals surface area contributed by atoms with Crippen LogP contribution in [-0.2, 0) is 20.8 Å². The van der Waals surface area contributed by atoms with Crippen molar-refractivity contribution in [2.45, 2.75) is 58.8 Å². The van der Waals surface area contributed by atoms with Crippen LogP contribution >= 0.6 is 0 Å². The summed E-state index contributed by atoms with van der Waals surface area (Å²) in [5, 5.41) is 7.10. The van der Waals surface area contributed by atoms with Gasteiger partial charge in [0.15, 0.2) is 0 Å².